The number of amides is 1. The number of hydrogen-bond donors (Lipinski definition) is 3. The van der Waals surface area contributed by atoms with Gasteiger partial charge in [0.2, 0.25) is 5.95 Å². The van der Waals surface area contributed by atoms with Gasteiger partial charge in [0.15, 0.2) is 5.82 Å². The van der Waals surface area contributed by atoms with Gasteiger partial charge in [-0.25, -0.2) is 19.3 Å². The van der Waals surface area contributed by atoms with Crippen LogP contribution in [0.2, 0.25) is 0 Å². The second-order valence-electron chi connectivity index (χ2n) is 9.22. The summed E-state index contributed by atoms with van der Waals surface area (Å²) in [6, 6.07) is 5.47. The summed E-state index contributed by atoms with van der Waals surface area (Å²) in [6.07, 6.45) is 4.93. The Kier molecular flexibility index (Phi) is 6.84. The Bertz CT molecular complexity index is 1240. The molecule has 5 heterocycles. The van der Waals surface area contributed by atoms with Gasteiger partial charge >= 0.3 is 0 Å². The summed E-state index contributed by atoms with van der Waals surface area (Å²) in [5, 5.41) is 16.0. The Morgan fingerprint density at radius 3 is 2.78 bits per heavy atom. The summed E-state index contributed by atoms with van der Waals surface area (Å²) < 4.78 is 21.6. The third-order valence-corrected chi connectivity index (χ3v) is 7.01. The van der Waals surface area contributed by atoms with E-state index in [2.05, 4.69) is 30.5 Å². The molecule has 1 saturated heterocycles. The van der Waals surface area contributed by atoms with Crippen LogP contribution in [0.15, 0.2) is 30.6 Å². The van der Waals surface area contributed by atoms with Crippen LogP contribution in [0.5, 0.6) is 0 Å². The van der Waals surface area contributed by atoms with Crippen LogP contribution in [0.1, 0.15) is 28.9 Å². The maximum Gasteiger partial charge on any atom is 0.253 e. The van der Waals surface area contributed by atoms with Crippen LogP contribution in [0.4, 0.5) is 21.8 Å². The zero-order chi connectivity index (χ0) is 25.2. The number of pyridine rings is 1. The van der Waals surface area contributed by atoms with Crippen LogP contribution in [0.25, 0.3) is 11.4 Å². The zero-order valence-corrected chi connectivity index (χ0v) is 20.4. The number of carbonyl (C=O) groups is 1. The van der Waals surface area contributed by atoms with E-state index in [0.29, 0.717) is 36.6 Å². The number of aromatic nitrogens is 4. The van der Waals surface area contributed by atoms with Crippen molar-refractivity contribution in [1.82, 2.24) is 24.8 Å². The molecule has 0 bridgehead atoms. The van der Waals surface area contributed by atoms with E-state index in [-0.39, 0.29) is 23.5 Å². The number of methoxy groups -OCH3 is 1. The third-order valence-electron chi connectivity index (χ3n) is 7.01. The van der Waals surface area contributed by atoms with E-state index in [1.165, 1.54) is 0 Å². The van der Waals surface area contributed by atoms with Crippen molar-refractivity contribution in [3.63, 3.8) is 0 Å². The fourth-order valence-corrected chi connectivity index (χ4v) is 4.98. The van der Waals surface area contributed by atoms with Crippen molar-refractivity contribution in [2.75, 3.05) is 43.6 Å². The van der Waals surface area contributed by atoms with Crippen LogP contribution >= 0.6 is 0 Å². The molecule has 1 unspecified atom stereocenters. The number of piperidine rings is 1. The number of aliphatic hydroxyl groups excluding tert-OH is 1. The number of aliphatic hydroxyl groups is 1. The Labute approximate surface area is 208 Å². The zero-order valence-electron chi connectivity index (χ0n) is 20.4. The summed E-state index contributed by atoms with van der Waals surface area (Å²) in [6.45, 7) is 2.59. The number of carbonyl (C=O) groups excluding carboxylic acids is 1. The minimum atomic E-state index is -0.568. The minimum absolute atomic E-state index is 0.118. The van der Waals surface area contributed by atoms with Crippen LogP contribution in [-0.2, 0) is 18.2 Å². The van der Waals surface area contributed by atoms with E-state index in [0.717, 1.165) is 43.5 Å². The number of nitrogens with one attached hydrogen (secondary N) is 2. The molecule has 10 nitrogen and oxygen atoms in total. The predicted octanol–water partition coefficient (Wildman–Crippen LogP) is 2.27. The molecule has 2 aliphatic heterocycles. The first-order chi connectivity index (χ1) is 17.4. The Hall–Kier alpha value is -3.57. The molecule has 36 heavy (non-hydrogen) atoms. The lowest BCUT2D eigenvalue weighted by Gasteiger charge is -2.35. The number of ether oxygens (including phenoxy) is 1. The Morgan fingerprint density at radius 2 is 2.08 bits per heavy atom. The van der Waals surface area contributed by atoms with E-state index < -0.39 is 11.9 Å². The highest BCUT2D eigenvalue weighted by Gasteiger charge is 2.26. The van der Waals surface area contributed by atoms with Gasteiger partial charge in [-0.1, -0.05) is 0 Å². The lowest BCUT2D eigenvalue weighted by atomic mass is 9.91. The van der Waals surface area contributed by atoms with Crippen LogP contribution in [0, 0.1) is 11.7 Å². The van der Waals surface area contributed by atoms with E-state index in [1.54, 1.807) is 19.4 Å². The lowest BCUT2D eigenvalue weighted by Crippen LogP contribution is -2.39. The fraction of sp³-hybridized carbons (Fsp3) is 0.440. The van der Waals surface area contributed by atoms with E-state index >= 15 is 0 Å². The van der Waals surface area contributed by atoms with Gasteiger partial charge in [-0.2, -0.15) is 0 Å². The number of halogens is 1. The number of anilines is 3. The second kappa shape index (κ2) is 10.2. The van der Waals surface area contributed by atoms with Gasteiger partial charge in [0.1, 0.15) is 11.5 Å². The molecule has 2 aliphatic rings. The lowest BCUT2D eigenvalue weighted by molar-refractivity contribution is 0.0177. The van der Waals surface area contributed by atoms with Crippen LogP contribution < -0.4 is 15.5 Å². The summed E-state index contributed by atoms with van der Waals surface area (Å²) in [5.74, 6) is 0.256. The highest BCUT2D eigenvalue weighted by Crippen LogP contribution is 2.29. The molecule has 0 spiro atoms. The fourth-order valence-electron chi connectivity index (χ4n) is 4.98. The number of hydrogen-bond acceptors (Lipinski definition) is 8. The van der Waals surface area contributed by atoms with Crippen molar-refractivity contribution in [1.29, 1.82) is 0 Å². The number of rotatable bonds is 7. The first-order valence-corrected chi connectivity index (χ1v) is 12.1. The van der Waals surface area contributed by atoms with Crippen molar-refractivity contribution in [3.05, 3.63) is 47.7 Å². The van der Waals surface area contributed by atoms with Crippen LogP contribution in [0.3, 0.4) is 0 Å². The van der Waals surface area contributed by atoms with Gasteiger partial charge in [0, 0.05) is 45.9 Å². The molecule has 0 radical (unpaired) electrons. The number of fused-ring (bicyclic) bond motifs is 1. The first-order valence-electron chi connectivity index (χ1n) is 12.1. The molecule has 1 atom stereocenters. The first kappa shape index (κ1) is 24.1. The van der Waals surface area contributed by atoms with Crippen molar-refractivity contribution in [3.8, 4) is 11.4 Å². The molecule has 3 N–H and O–H groups in total. The molecule has 0 aromatic carbocycles. The highest BCUT2D eigenvalue weighted by molar-refractivity contribution is 5.97. The van der Waals surface area contributed by atoms with E-state index in [9.17, 15) is 14.3 Å². The average molecular weight is 496 g/mol. The highest BCUT2D eigenvalue weighted by atomic mass is 19.1. The largest absolute Gasteiger partial charge is 0.390 e. The average Bonchev–Trinajstić information content (AvgIpc) is 3.23. The smallest absolute Gasteiger partial charge is 0.253 e. The normalized spacial score (nSPS) is 17.0. The topological polar surface area (TPSA) is 117 Å². The molecule has 3 aromatic rings. The molecule has 0 saturated carbocycles. The van der Waals surface area contributed by atoms with Gasteiger partial charge < -0.3 is 29.9 Å². The SMILES string of the molecule is COCC(O)C1CCN(c2ccc(Nc3ncc(F)c(-c4cc5c(n4C)CCNC5=O)n3)nc2)CC1. The van der Waals surface area contributed by atoms with Crippen molar-refractivity contribution in [2.45, 2.75) is 25.4 Å². The molecule has 1 fully saturated rings. The molecule has 11 heteroatoms. The van der Waals surface area contributed by atoms with Crippen molar-refractivity contribution < 1.29 is 19.0 Å². The van der Waals surface area contributed by atoms with Gasteiger partial charge in [0.05, 0.1) is 42.0 Å². The predicted molar refractivity (Wildman–Crippen MR) is 133 cm³/mol. The number of nitrogens with zero attached hydrogens (tertiary/aromatic N) is 5. The van der Waals surface area contributed by atoms with Gasteiger partial charge in [-0.15, -0.1) is 0 Å². The van der Waals surface area contributed by atoms with Gasteiger partial charge in [-0.05, 0) is 37.0 Å². The minimum Gasteiger partial charge on any atom is -0.390 e. The monoisotopic (exact) mass is 495 g/mol. The molecule has 0 aliphatic carbocycles. The van der Waals surface area contributed by atoms with Gasteiger partial charge in [0.25, 0.3) is 5.91 Å². The van der Waals surface area contributed by atoms with E-state index in [1.807, 2.05) is 23.7 Å². The molecule has 3 aromatic heterocycles. The molecule has 5 rings (SSSR count). The van der Waals surface area contributed by atoms with Gasteiger partial charge in [-0.3, -0.25) is 4.79 Å². The second-order valence-corrected chi connectivity index (χ2v) is 9.22. The summed E-state index contributed by atoms with van der Waals surface area (Å²) >= 11 is 0. The maximum absolute atomic E-state index is 14.7. The molecule has 190 valence electrons. The standard InChI is InChI=1S/C25H30FN7O3/c1-32-19-5-8-27-24(35)17(19)11-20(32)23-18(26)13-29-25(31-23)30-22-4-3-16(12-28-22)33-9-6-15(7-10-33)21(34)14-36-2/h3-4,11-13,15,21,34H,5-10,14H2,1-2H3,(H,27,35)(H,28,29,30,31). The van der Waals surface area contributed by atoms with Crippen molar-refractivity contribution in [2.24, 2.45) is 13.0 Å². The summed E-state index contributed by atoms with van der Waals surface area (Å²) in [4.78, 5) is 27.4. The summed E-state index contributed by atoms with van der Waals surface area (Å²) in [7, 11) is 3.41. The maximum atomic E-state index is 14.7. The Morgan fingerprint density at radius 1 is 1.28 bits per heavy atom. The van der Waals surface area contributed by atoms with Crippen molar-refractivity contribution >= 4 is 23.4 Å². The molecule has 1 amide bonds. The molecular weight excluding hydrogens is 465 g/mol. The van der Waals surface area contributed by atoms with Crippen LogP contribution in [-0.4, -0.2) is 70.0 Å². The summed E-state index contributed by atoms with van der Waals surface area (Å²) in [5.41, 5.74) is 3.03. The van der Waals surface area contributed by atoms with E-state index in [4.69, 9.17) is 4.74 Å². The Balaban J connectivity index is 1.28. The molecular formula is C25H30FN7O3. The third kappa shape index (κ3) is 4.76. The quantitative estimate of drug-likeness (QED) is 0.457.